The van der Waals surface area contributed by atoms with Crippen LogP contribution < -0.4 is 0 Å². The number of nitrogens with zero attached hydrogens (tertiary/aromatic N) is 1. The van der Waals surface area contributed by atoms with Gasteiger partial charge in [0.25, 0.3) is 0 Å². The van der Waals surface area contributed by atoms with Crippen LogP contribution in [0.5, 0.6) is 0 Å². The van der Waals surface area contributed by atoms with Crippen LogP contribution in [0.2, 0.25) is 0 Å². The molecule has 0 amide bonds. The molecule has 0 spiro atoms. The van der Waals surface area contributed by atoms with Crippen LogP contribution in [0.25, 0.3) is 0 Å². The Morgan fingerprint density at radius 2 is 1.11 bits per heavy atom. The van der Waals surface area contributed by atoms with Gasteiger partial charge in [0.1, 0.15) is 0 Å². The van der Waals surface area contributed by atoms with Gasteiger partial charge in [0.2, 0.25) is 19.7 Å². The summed E-state index contributed by atoms with van der Waals surface area (Å²) in [5.41, 5.74) is -1.54. The van der Waals surface area contributed by atoms with E-state index in [1.165, 1.54) is 42.5 Å². The number of sulfone groups is 2. The average Bonchev–Trinajstić information content (AvgIpc) is 2.68. The van der Waals surface area contributed by atoms with Gasteiger partial charge >= 0.3 is 6.18 Å². The van der Waals surface area contributed by atoms with Gasteiger partial charge < -0.3 is 0 Å². The Morgan fingerprint density at radius 3 is 1.57 bits per heavy atom. The molecular formula is C18H12F3NO4S2. The minimum Gasteiger partial charge on any atom is -0.223 e. The fourth-order valence-corrected chi connectivity index (χ4v) is 5.13. The van der Waals surface area contributed by atoms with Crippen LogP contribution in [-0.4, -0.2) is 21.8 Å². The average molecular weight is 427 g/mol. The van der Waals surface area contributed by atoms with Crippen LogP contribution in [-0.2, 0) is 25.9 Å². The predicted molar refractivity (Wildman–Crippen MR) is 93.0 cm³/mol. The van der Waals surface area contributed by atoms with Crippen LogP contribution in [0, 0.1) is 0 Å². The lowest BCUT2D eigenvalue weighted by atomic mass is 10.3. The minimum atomic E-state index is -5.04. The van der Waals surface area contributed by atoms with Crippen LogP contribution in [0.1, 0.15) is 5.56 Å². The second kappa shape index (κ2) is 7.02. The second-order valence-electron chi connectivity index (χ2n) is 5.63. The molecule has 146 valence electrons. The van der Waals surface area contributed by atoms with E-state index in [0.29, 0.717) is 12.1 Å². The normalized spacial score (nSPS) is 12.7. The zero-order valence-corrected chi connectivity index (χ0v) is 15.6. The molecule has 0 bridgehead atoms. The van der Waals surface area contributed by atoms with E-state index in [1.807, 2.05) is 0 Å². The summed E-state index contributed by atoms with van der Waals surface area (Å²) < 4.78 is 91.0. The predicted octanol–water partition coefficient (Wildman–Crippen LogP) is 3.77. The lowest BCUT2D eigenvalue weighted by molar-refractivity contribution is -0.140. The van der Waals surface area contributed by atoms with Crippen molar-refractivity contribution in [1.82, 2.24) is 4.98 Å². The van der Waals surface area contributed by atoms with Crippen molar-refractivity contribution in [3.05, 3.63) is 78.4 Å². The monoisotopic (exact) mass is 427 g/mol. The van der Waals surface area contributed by atoms with Gasteiger partial charge in [-0.05, 0) is 36.4 Å². The summed E-state index contributed by atoms with van der Waals surface area (Å²) in [6.07, 6.45) is -5.04. The summed E-state index contributed by atoms with van der Waals surface area (Å²) in [6.45, 7) is 0. The molecule has 28 heavy (non-hydrogen) atoms. The van der Waals surface area contributed by atoms with E-state index >= 15 is 0 Å². The topological polar surface area (TPSA) is 81.2 Å². The Morgan fingerprint density at radius 1 is 0.643 bits per heavy atom. The molecule has 2 aromatic carbocycles. The van der Waals surface area contributed by atoms with Crippen molar-refractivity contribution in [1.29, 1.82) is 0 Å². The summed E-state index contributed by atoms with van der Waals surface area (Å²) in [6, 6.07) is 14.3. The zero-order valence-electron chi connectivity index (χ0n) is 14.0. The molecule has 1 aromatic heterocycles. The number of halogens is 3. The summed E-state index contributed by atoms with van der Waals surface area (Å²) in [5, 5.41) is -2.15. The molecule has 1 heterocycles. The molecule has 0 aliphatic heterocycles. The first kappa shape index (κ1) is 20.0. The molecule has 3 aromatic rings. The highest BCUT2D eigenvalue weighted by atomic mass is 32.2. The number of aromatic nitrogens is 1. The van der Waals surface area contributed by atoms with E-state index in [-0.39, 0.29) is 4.90 Å². The van der Waals surface area contributed by atoms with Crippen LogP contribution in [0.15, 0.2) is 92.6 Å². The minimum absolute atomic E-state index is 0.217. The van der Waals surface area contributed by atoms with Gasteiger partial charge in [0.15, 0.2) is 10.1 Å². The van der Waals surface area contributed by atoms with Gasteiger partial charge in [-0.15, -0.1) is 0 Å². The molecule has 0 aliphatic rings. The Kier molecular flexibility index (Phi) is 5.02. The molecule has 3 rings (SSSR count). The number of hydrogen-bond acceptors (Lipinski definition) is 5. The third-order valence-electron chi connectivity index (χ3n) is 3.78. The second-order valence-corrected chi connectivity index (χ2v) is 9.39. The van der Waals surface area contributed by atoms with E-state index in [1.54, 1.807) is 6.07 Å². The Hall–Kier alpha value is -2.72. The summed E-state index contributed by atoms with van der Waals surface area (Å²) in [4.78, 5) is 2.79. The van der Waals surface area contributed by atoms with Crippen molar-refractivity contribution in [2.75, 3.05) is 0 Å². The first-order chi connectivity index (χ1) is 13.0. The first-order valence-electron chi connectivity index (χ1n) is 7.73. The van der Waals surface area contributed by atoms with Crippen molar-refractivity contribution in [3.8, 4) is 0 Å². The zero-order chi connectivity index (χ0) is 20.6. The van der Waals surface area contributed by atoms with Crippen molar-refractivity contribution in [2.45, 2.75) is 26.0 Å². The van der Waals surface area contributed by atoms with Gasteiger partial charge in [0.05, 0.1) is 15.4 Å². The van der Waals surface area contributed by atoms with Gasteiger partial charge in [0, 0.05) is 0 Å². The van der Waals surface area contributed by atoms with Gasteiger partial charge in [-0.1, -0.05) is 36.4 Å². The highest BCUT2D eigenvalue weighted by Crippen LogP contribution is 2.36. The maximum Gasteiger partial charge on any atom is 0.419 e. The Bertz CT molecular complexity index is 1210. The Balaban J connectivity index is 2.28. The van der Waals surface area contributed by atoms with Crippen molar-refractivity contribution < 1.29 is 30.0 Å². The maximum absolute atomic E-state index is 13.4. The van der Waals surface area contributed by atoms with Crippen LogP contribution >= 0.6 is 0 Å². The van der Waals surface area contributed by atoms with Gasteiger partial charge in [-0.2, -0.15) is 13.2 Å². The SMILES string of the molecule is O=S(=O)(c1ccccc1)c1ccc(C(F)(F)F)c(S(=O)(=O)c2ccccc2)n1. The van der Waals surface area contributed by atoms with Crippen molar-refractivity contribution in [2.24, 2.45) is 0 Å². The third kappa shape index (κ3) is 3.65. The van der Waals surface area contributed by atoms with E-state index in [4.69, 9.17) is 0 Å². The number of hydrogen-bond donors (Lipinski definition) is 0. The van der Waals surface area contributed by atoms with Gasteiger partial charge in [-0.3, -0.25) is 0 Å². The summed E-state index contributed by atoms with van der Waals surface area (Å²) >= 11 is 0. The molecule has 0 fully saturated rings. The molecule has 0 saturated heterocycles. The van der Waals surface area contributed by atoms with Crippen LogP contribution in [0.4, 0.5) is 13.2 Å². The standard InChI is InChI=1S/C18H12F3NO4S2/c19-18(20,21)15-11-12-16(27(23,24)13-7-3-1-4-8-13)22-17(15)28(25,26)14-9-5-2-6-10-14/h1-12H. The maximum atomic E-state index is 13.4. The fraction of sp³-hybridized carbons (Fsp3) is 0.0556. The van der Waals surface area contributed by atoms with E-state index in [9.17, 15) is 30.0 Å². The number of benzene rings is 2. The molecule has 0 saturated carbocycles. The molecule has 0 radical (unpaired) electrons. The smallest absolute Gasteiger partial charge is 0.223 e. The molecular weight excluding hydrogens is 415 g/mol. The van der Waals surface area contributed by atoms with E-state index in [0.717, 1.165) is 12.1 Å². The largest absolute Gasteiger partial charge is 0.419 e. The summed E-state index contributed by atoms with van der Waals surface area (Å²) in [7, 11) is -9.02. The number of pyridine rings is 1. The molecule has 0 N–H and O–H groups in total. The molecule has 0 atom stereocenters. The highest BCUT2D eigenvalue weighted by Gasteiger charge is 2.40. The lowest BCUT2D eigenvalue weighted by Crippen LogP contribution is -2.17. The lowest BCUT2D eigenvalue weighted by Gasteiger charge is -2.14. The molecule has 0 aliphatic carbocycles. The van der Waals surface area contributed by atoms with Gasteiger partial charge in [-0.25, -0.2) is 21.8 Å². The summed E-state index contributed by atoms with van der Waals surface area (Å²) in [5.74, 6) is 0. The molecule has 5 nitrogen and oxygen atoms in total. The highest BCUT2D eigenvalue weighted by molar-refractivity contribution is 7.92. The van der Waals surface area contributed by atoms with Crippen molar-refractivity contribution >= 4 is 19.7 Å². The first-order valence-corrected chi connectivity index (χ1v) is 10.7. The molecule has 0 unspecified atom stereocenters. The quantitative estimate of drug-likeness (QED) is 0.633. The molecule has 10 heteroatoms. The number of rotatable bonds is 4. The third-order valence-corrected chi connectivity index (χ3v) is 7.16. The number of alkyl halides is 3. The van der Waals surface area contributed by atoms with E-state index in [2.05, 4.69) is 4.98 Å². The van der Waals surface area contributed by atoms with Crippen molar-refractivity contribution in [3.63, 3.8) is 0 Å². The van der Waals surface area contributed by atoms with E-state index < -0.39 is 46.4 Å². The Labute approximate surface area is 159 Å². The van der Waals surface area contributed by atoms with Crippen LogP contribution in [0.3, 0.4) is 0 Å². The fourth-order valence-electron chi connectivity index (χ4n) is 2.43.